The van der Waals surface area contributed by atoms with E-state index in [-0.39, 0.29) is 5.91 Å². The minimum atomic E-state index is -0.0496. The van der Waals surface area contributed by atoms with Gasteiger partial charge >= 0.3 is 0 Å². The van der Waals surface area contributed by atoms with Gasteiger partial charge in [0.15, 0.2) is 5.13 Å². The second kappa shape index (κ2) is 8.90. The summed E-state index contributed by atoms with van der Waals surface area (Å²) >= 11 is 1.54. The molecule has 5 rings (SSSR count). The topological polar surface area (TPSA) is 70.7 Å². The van der Waals surface area contributed by atoms with E-state index in [0.717, 1.165) is 65.3 Å². The minimum absolute atomic E-state index is 0.0496. The molecule has 0 aliphatic carbocycles. The van der Waals surface area contributed by atoms with Crippen molar-refractivity contribution in [3.63, 3.8) is 0 Å². The van der Waals surface area contributed by atoms with Gasteiger partial charge < -0.3 is 14.5 Å². The average Bonchev–Trinajstić information content (AvgIpc) is 3.46. The van der Waals surface area contributed by atoms with Crippen LogP contribution in [-0.2, 0) is 4.74 Å². The van der Waals surface area contributed by atoms with Crippen LogP contribution in [0.5, 0.6) is 5.75 Å². The number of aromatic nitrogens is 2. The van der Waals surface area contributed by atoms with Crippen molar-refractivity contribution in [1.29, 1.82) is 0 Å². The second-order valence-electron chi connectivity index (χ2n) is 7.92. The number of carbonyl (C=O) groups is 1. The predicted molar refractivity (Wildman–Crippen MR) is 128 cm³/mol. The maximum atomic E-state index is 13.8. The number of aryl methyl sites for hydroxylation is 1. The summed E-state index contributed by atoms with van der Waals surface area (Å²) in [5.74, 6) is 0.673. The molecule has 1 saturated heterocycles. The average molecular weight is 451 g/mol. The molecule has 4 aromatic rings. The van der Waals surface area contributed by atoms with Crippen LogP contribution in [0.15, 0.2) is 42.6 Å². The predicted octanol–water partition coefficient (Wildman–Crippen LogP) is 4.07. The van der Waals surface area contributed by atoms with Crippen LogP contribution in [0.2, 0.25) is 0 Å². The normalized spacial score (nSPS) is 14.8. The SMILES string of the molecule is COc1ccc(C)c2sc(N(CCN3CCOCC3)C(=O)c3c[nH]c4ccccc34)nc12. The lowest BCUT2D eigenvalue weighted by Gasteiger charge is -2.29. The Morgan fingerprint density at radius 2 is 2.06 bits per heavy atom. The van der Waals surface area contributed by atoms with Crippen LogP contribution in [0.1, 0.15) is 15.9 Å². The Balaban J connectivity index is 1.54. The fraction of sp³-hybridized carbons (Fsp3) is 0.333. The van der Waals surface area contributed by atoms with Crippen molar-refractivity contribution >= 4 is 43.5 Å². The first-order valence-corrected chi connectivity index (χ1v) is 11.6. The summed E-state index contributed by atoms with van der Waals surface area (Å²) in [6.45, 7) is 6.60. The number of hydrogen-bond acceptors (Lipinski definition) is 6. The Labute approximate surface area is 190 Å². The minimum Gasteiger partial charge on any atom is -0.494 e. The number of carbonyl (C=O) groups excluding carboxylic acids is 1. The van der Waals surface area contributed by atoms with E-state index in [9.17, 15) is 4.79 Å². The van der Waals surface area contributed by atoms with Gasteiger partial charge in [0, 0.05) is 43.3 Å². The molecule has 1 fully saturated rings. The molecule has 0 spiro atoms. The van der Waals surface area contributed by atoms with Gasteiger partial charge in [-0.05, 0) is 24.6 Å². The van der Waals surface area contributed by atoms with Gasteiger partial charge in [0.05, 0.1) is 30.6 Å². The number of aromatic amines is 1. The Hall–Kier alpha value is -2.94. The Morgan fingerprint density at radius 1 is 1.25 bits per heavy atom. The van der Waals surface area contributed by atoms with Gasteiger partial charge in [0.2, 0.25) is 0 Å². The van der Waals surface area contributed by atoms with Crippen molar-refractivity contribution in [3.8, 4) is 5.75 Å². The summed E-state index contributed by atoms with van der Waals surface area (Å²) in [4.78, 5) is 26.0. The smallest absolute Gasteiger partial charge is 0.262 e. The second-order valence-corrected chi connectivity index (χ2v) is 8.90. The zero-order valence-electron chi connectivity index (χ0n) is 18.3. The van der Waals surface area contributed by atoms with Gasteiger partial charge in [0.1, 0.15) is 11.3 Å². The van der Waals surface area contributed by atoms with E-state index in [0.29, 0.717) is 17.2 Å². The van der Waals surface area contributed by atoms with Crippen LogP contribution >= 0.6 is 11.3 Å². The van der Waals surface area contributed by atoms with Crippen molar-refractivity contribution in [2.24, 2.45) is 0 Å². The van der Waals surface area contributed by atoms with Crippen molar-refractivity contribution < 1.29 is 14.3 Å². The fourth-order valence-corrected chi connectivity index (χ4v) is 5.20. The molecule has 0 atom stereocenters. The molecule has 0 bridgehead atoms. The van der Waals surface area contributed by atoms with E-state index >= 15 is 0 Å². The van der Waals surface area contributed by atoms with E-state index in [1.165, 1.54) is 11.3 Å². The number of anilines is 1. The van der Waals surface area contributed by atoms with Crippen LogP contribution in [0, 0.1) is 6.92 Å². The van der Waals surface area contributed by atoms with Crippen LogP contribution in [-0.4, -0.2) is 67.3 Å². The molecule has 32 heavy (non-hydrogen) atoms. The molecule has 1 aliphatic rings. The van der Waals surface area contributed by atoms with Crippen molar-refractivity contribution in [2.45, 2.75) is 6.92 Å². The molecule has 1 amide bonds. The molecule has 0 radical (unpaired) electrons. The quantitative estimate of drug-likeness (QED) is 0.479. The first-order valence-electron chi connectivity index (χ1n) is 10.8. The van der Waals surface area contributed by atoms with Crippen LogP contribution in [0.25, 0.3) is 21.1 Å². The maximum absolute atomic E-state index is 13.8. The van der Waals surface area contributed by atoms with Gasteiger partial charge in [-0.15, -0.1) is 0 Å². The van der Waals surface area contributed by atoms with Crippen LogP contribution in [0.3, 0.4) is 0 Å². The summed E-state index contributed by atoms with van der Waals surface area (Å²) in [5, 5.41) is 1.61. The number of morpholine rings is 1. The number of nitrogens with one attached hydrogen (secondary N) is 1. The molecule has 0 saturated carbocycles. The van der Waals surface area contributed by atoms with E-state index in [2.05, 4.69) is 16.8 Å². The van der Waals surface area contributed by atoms with Crippen molar-refractivity contribution in [2.75, 3.05) is 51.4 Å². The zero-order chi connectivity index (χ0) is 22.1. The number of thiazole rings is 1. The molecule has 3 heterocycles. The number of amides is 1. The number of methoxy groups -OCH3 is 1. The summed E-state index contributed by atoms with van der Waals surface area (Å²) in [6.07, 6.45) is 1.80. The molecule has 2 aromatic heterocycles. The lowest BCUT2D eigenvalue weighted by atomic mass is 10.1. The van der Waals surface area contributed by atoms with Gasteiger partial charge in [-0.25, -0.2) is 4.98 Å². The summed E-state index contributed by atoms with van der Waals surface area (Å²) < 4.78 is 12.1. The van der Waals surface area contributed by atoms with Gasteiger partial charge in [-0.1, -0.05) is 35.6 Å². The number of nitrogens with zero attached hydrogens (tertiary/aromatic N) is 3. The van der Waals surface area contributed by atoms with E-state index in [4.69, 9.17) is 14.5 Å². The first kappa shape index (κ1) is 20.9. The highest BCUT2D eigenvalue weighted by Crippen LogP contribution is 2.37. The zero-order valence-corrected chi connectivity index (χ0v) is 19.1. The van der Waals surface area contributed by atoms with Crippen molar-refractivity contribution in [3.05, 3.63) is 53.7 Å². The number of para-hydroxylation sites is 1. The lowest BCUT2D eigenvalue weighted by molar-refractivity contribution is 0.0391. The Bertz CT molecular complexity index is 1260. The third-order valence-electron chi connectivity index (χ3n) is 5.95. The van der Waals surface area contributed by atoms with E-state index in [1.54, 1.807) is 13.3 Å². The molecule has 8 heteroatoms. The summed E-state index contributed by atoms with van der Waals surface area (Å²) in [7, 11) is 1.65. The lowest BCUT2D eigenvalue weighted by Crippen LogP contribution is -2.43. The van der Waals surface area contributed by atoms with Gasteiger partial charge in [-0.2, -0.15) is 0 Å². The third kappa shape index (κ3) is 3.85. The number of ether oxygens (including phenoxy) is 2. The molecule has 1 N–H and O–H groups in total. The van der Waals surface area contributed by atoms with Crippen molar-refractivity contribution in [1.82, 2.24) is 14.9 Å². The number of H-pyrrole nitrogens is 1. The summed E-state index contributed by atoms with van der Waals surface area (Å²) in [6, 6.07) is 11.8. The van der Waals surface area contributed by atoms with Gasteiger partial charge in [0.25, 0.3) is 5.91 Å². The third-order valence-corrected chi connectivity index (χ3v) is 7.16. The number of benzene rings is 2. The first-order chi connectivity index (χ1) is 15.7. The molecule has 7 nitrogen and oxygen atoms in total. The van der Waals surface area contributed by atoms with E-state index in [1.807, 2.05) is 41.3 Å². The molecular formula is C24H26N4O3S. The number of fused-ring (bicyclic) bond motifs is 2. The monoisotopic (exact) mass is 450 g/mol. The molecule has 0 unspecified atom stereocenters. The number of rotatable bonds is 6. The summed E-state index contributed by atoms with van der Waals surface area (Å²) in [5.41, 5.74) is 3.53. The highest BCUT2D eigenvalue weighted by atomic mass is 32.1. The standard InChI is InChI=1S/C24H26N4O3S/c1-16-7-8-20(30-2)21-22(16)32-24(26-21)28(10-9-27-11-13-31-14-12-27)23(29)18-15-25-19-6-4-3-5-17(18)19/h3-8,15,25H,9-14H2,1-2H3. The van der Waals surface area contributed by atoms with Crippen LogP contribution < -0.4 is 9.64 Å². The van der Waals surface area contributed by atoms with E-state index < -0.39 is 0 Å². The maximum Gasteiger partial charge on any atom is 0.262 e. The van der Waals surface area contributed by atoms with Crippen LogP contribution in [0.4, 0.5) is 5.13 Å². The Kier molecular flexibility index (Phi) is 5.82. The molecule has 2 aromatic carbocycles. The Morgan fingerprint density at radius 3 is 2.88 bits per heavy atom. The number of hydrogen-bond donors (Lipinski definition) is 1. The molecule has 1 aliphatic heterocycles. The molecular weight excluding hydrogens is 424 g/mol. The fourth-order valence-electron chi connectivity index (χ4n) is 4.12. The largest absolute Gasteiger partial charge is 0.494 e. The highest BCUT2D eigenvalue weighted by molar-refractivity contribution is 7.22. The molecule has 166 valence electrons. The van der Waals surface area contributed by atoms with Gasteiger partial charge in [-0.3, -0.25) is 14.6 Å². The highest BCUT2D eigenvalue weighted by Gasteiger charge is 2.25.